The summed E-state index contributed by atoms with van der Waals surface area (Å²) in [6, 6.07) is 18.9. The normalized spacial score (nSPS) is 11.6. The van der Waals surface area contributed by atoms with E-state index >= 15 is 0 Å². The van der Waals surface area contributed by atoms with E-state index in [4.69, 9.17) is 0 Å². The van der Waals surface area contributed by atoms with Crippen molar-refractivity contribution in [2.75, 3.05) is 16.3 Å². The molecule has 7 nitrogen and oxygen atoms in total. The molecule has 3 rings (SSSR count). The highest BCUT2D eigenvalue weighted by atomic mass is 32.2. The Balaban J connectivity index is 1.70. The number of rotatable bonds is 9. The van der Waals surface area contributed by atoms with Gasteiger partial charge in [0.2, 0.25) is 10.0 Å². The van der Waals surface area contributed by atoms with Crippen LogP contribution in [0.4, 0.5) is 24.5 Å². The summed E-state index contributed by atoms with van der Waals surface area (Å²) in [5, 5.41) is 5.87. The van der Waals surface area contributed by atoms with E-state index in [9.17, 15) is 26.4 Å². The predicted octanol–water partition coefficient (Wildman–Crippen LogP) is 4.50. The standard InChI is InChI=1S/C23H22F3N3O4S/c1-34(31,32)29-20-12-17(11-18(13-20)22(30)28-19-5-3-2-4-6-19)15-27-14-16-7-9-21(10-8-16)33-23(24,25)26/h2-13,27,29H,14-15H2,1H3,(H,28,30). The summed E-state index contributed by atoms with van der Waals surface area (Å²) < 4.78 is 66.4. The van der Waals surface area contributed by atoms with Gasteiger partial charge in [-0.1, -0.05) is 30.3 Å². The molecule has 3 N–H and O–H groups in total. The molecule has 0 atom stereocenters. The number of alkyl halides is 3. The van der Waals surface area contributed by atoms with Crippen molar-refractivity contribution in [1.29, 1.82) is 0 Å². The van der Waals surface area contributed by atoms with Gasteiger partial charge in [0.25, 0.3) is 5.91 Å². The quantitative estimate of drug-likeness (QED) is 0.408. The van der Waals surface area contributed by atoms with Crippen LogP contribution in [0.1, 0.15) is 21.5 Å². The van der Waals surface area contributed by atoms with Crippen LogP contribution in [0.5, 0.6) is 5.75 Å². The molecule has 0 fully saturated rings. The Morgan fingerprint density at radius 2 is 1.53 bits per heavy atom. The Morgan fingerprint density at radius 1 is 0.882 bits per heavy atom. The molecule has 0 radical (unpaired) electrons. The van der Waals surface area contributed by atoms with Crippen LogP contribution in [0.2, 0.25) is 0 Å². The molecule has 3 aromatic rings. The molecule has 0 saturated carbocycles. The zero-order valence-electron chi connectivity index (χ0n) is 18.0. The lowest BCUT2D eigenvalue weighted by molar-refractivity contribution is -0.274. The average molecular weight is 494 g/mol. The minimum absolute atomic E-state index is 0.230. The minimum Gasteiger partial charge on any atom is -0.406 e. The lowest BCUT2D eigenvalue weighted by Gasteiger charge is -2.13. The first-order valence-corrected chi connectivity index (χ1v) is 11.9. The smallest absolute Gasteiger partial charge is 0.406 e. The fourth-order valence-electron chi connectivity index (χ4n) is 3.08. The molecule has 34 heavy (non-hydrogen) atoms. The van der Waals surface area contributed by atoms with Gasteiger partial charge >= 0.3 is 6.36 Å². The number of benzene rings is 3. The molecule has 0 heterocycles. The molecule has 180 valence electrons. The Labute approximate surface area is 195 Å². The molecule has 1 amide bonds. The molecule has 0 aliphatic heterocycles. The van der Waals surface area contributed by atoms with Crippen molar-refractivity contribution in [2.45, 2.75) is 19.5 Å². The topological polar surface area (TPSA) is 96.5 Å². The van der Waals surface area contributed by atoms with E-state index in [1.54, 1.807) is 36.4 Å². The van der Waals surface area contributed by atoms with Crippen molar-refractivity contribution < 1.29 is 31.1 Å². The summed E-state index contributed by atoms with van der Waals surface area (Å²) in [7, 11) is -3.57. The van der Waals surface area contributed by atoms with Gasteiger partial charge in [-0.25, -0.2) is 8.42 Å². The van der Waals surface area contributed by atoms with Gasteiger partial charge in [-0.3, -0.25) is 9.52 Å². The van der Waals surface area contributed by atoms with Crippen LogP contribution < -0.4 is 20.1 Å². The van der Waals surface area contributed by atoms with Gasteiger partial charge in [0, 0.05) is 30.0 Å². The van der Waals surface area contributed by atoms with Crippen molar-refractivity contribution in [2.24, 2.45) is 0 Å². The number of para-hydroxylation sites is 1. The number of hydrogen-bond acceptors (Lipinski definition) is 5. The number of ether oxygens (including phenoxy) is 1. The highest BCUT2D eigenvalue weighted by Gasteiger charge is 2.30. The Morgan fingerprint density at radius 3 is 2.15 bits per heavy atom. The number of hydrogen-bond donors (Lipinski definition) is 3. The maximum atomic E-state index is 12.7. The van der Waals surface area contributed by atoms with E-state index in [0.29, 0.717) is 23.4 Å². The van der Waals surface area contributed by atoms with Gasteiger partial charge in [0.05, 0.1) is 6.26 Å². The summed E-state index contributed by atoms with van der Waals surface area (Å²) in [5.41, 5.74) is 2.41. The first-order valence-electron chi connectivity index (χ1n) is 10.0. The number of carbonyl (C=O) groups excluding carboxylic acids is 1. The third-order valence-electron chi connectivity index (χ3n) is 4.41. The molecular weight excluding hydrogens is 471 g/mol. The molecule has 11 heteroatoms. The lowest BCUT2D eigenvalue weighted by Crippen LogP contribution is -2.18. The van der Waals surface area contributed by atoms with E-state index < -0.39 is 22.3 Å². The number of anilines is 2. The molecule has 0 spiro atoms. The highest BCUT2D eigenvalue weighted by molar-refractivity contribution is 7.92. The van der Waals surface area contributed by atoms with E-state index in [-0.39, 0.29) is 23.5 Å². The van der Waals surface area contributed by atoms with Crippen LogP contribution in [0.15, 0.2) is 72.8 Å². The second-order valence-corrected chi connectivity index (χ2v) is 9.16. The number of amides is 1. The van der Waals surface area contributed by atoms with Gasteiger partial charge in [-0.15, -0.1) is 13.2 Å². The van der Waals surface area contributed by atoms with E-state index in [1.807, 2.05) is 6.07 Å². The molecule has 0 unspecified atom stereocenters. The Hall–Kier alpha value is -3.57. The van der Waals surface area contributed by atoms with Crippen LogP contribution in [-0.2, 0) is 23.1 Å². The van der Waals surface area contributed by atoms with E-state index in [1.165, 1.54) is 30.3 Å². The number of halogens is 3. The molecule has 0 bridgehead atoms. The number of sulfonamides is 1. The minimum atomic E-state index is -4.75. The molecule has 3 aromatic carbocycles. The summed E-state index contributed by atoms with van der Waals surface area (Å²) >= 11 is 0. The first kappa shape index (κ1) is 25.1. The van der Waals surface area contributed by atoms with Crippen molar-refractivity contribution in [3.05, 3.63) is 89.5 Å². The summed E-state index contributed by atoms with van der Waals surface area (Å²) in [5.74, 6) is -0.727. The van der Waals surface area contributed by atoms with E-state index in [2.05, 4.69) is 20.1 Å². The molecular formula is C23H22F3N3O4S. The number of carbonyl (C=O) groups is 1. The van der Waals surface area contributed by atoms with Crippen molar-refractivity contribution in [1.82, 2.24) is 5.32 Å². The Kier molecular flexibility index (Phi) is 7.79. The van der Waals surface area contributed by atoms with Crippen LogP contribution in [-0.4, -0.2) is 26.9 Å². The van der Waals surface area contributed by atoms with Crippen molar-refractivity contribution >= 4 is 27.3 Å². The largest absolute Gasteiger partial charge is 0.573 e. The van der Waals surface area contributed by atoms with Crippen molar-refractivity contribution in [3.63, 3.8) is 0 Å². The maximum Gasteiger partial charge on any atom is 0.573 e. The van der Waals surface area contributed by atoms with Crippen LogP contribution in [0.25, 0.3) is 0 Å². The summed E-state index contributed by atoms with van der Waals surface area (Å²) in [4.78, 5) is 12.7. The monoisotopic (exact) mass is 493 g/mol. The molecule has 0 aliphatic carbocycles. The van der Waals surface area contributed by atoms with Crippen LogP contribution in [0, 0.1) is 0 Å². The van der Waals surface area contributed by atoms with E-state index in [0.717, 1.165) is 6.26 Å². The highest BCUT2D eigenvalue weighted by Crippen LogP contribution is 2.23. The second kappa shape index (κ2) is 10.6. The van der Waals surface area contributed by atoms with Gasteiger partial charge in [-0.2, -0.15) is 0 Å². The predicted molar refractivity (Wildman–Crippen MR) is 123 cm³/mol. The van der Waals surface area contributed by atoms with Crippen molar-refractivity contribution in [3.8, 4) is 5.75 Å². The third-order valence-corrected chi connectivity index (χ3v) is 5.01. The lowest BCUT2D eigenvalue weighted by atomic mass is 10.1. The molecule has 0 aromatic heterocycles. The zero-order chi connectivity index (χ0) is 24.8. The summed E-state index contributed by atoms with van der Waals surface area (Å²) in [6.07, 6.45) is -3.75. The molecule has 0 saturated heterocycles. The third kappa shape index (κ3) is 8.41. The first-order chi connectivity index (χ1) is 16.0. The van der Waals surface area contributed by atoms with Crippen LogP contribution in [0.3, 0.4) is 0 Å². The fraction of sp³-hybridized carbons (Fsp3) is 0.174. The van der Waals surface area contributed by atoms with Gasteiger partial charge < -0.3 is 15.4 Å². The van der Waals surface area contributed by atoms with Gasteiger partial charge in [0.1, 0.15) is 5.75 Å². The fourth-order valence-corrected chi connectivity index (χ4v) is 3.63. The second-order valence-electron chi connectivity index (χ2n) is 7.41. The SMILES string of the molecule is CS(=O)(=O)Nc1cc(CNCc2ccc(OC(F)(F)F)cc2)cc(C(=O)Nc2ccccc2)c1. The van der Waals surface area contributed by atoms with Gasteiger partial charge in [0.15, 0.2) is 0 Å². The zero-order valence-corrected chi connectivity index (χ0v) is 18.8. The molecule has 0 aliphatic rings. The van der Waals surface area contributed by atoms with Crippen LogP contribution >= 0.6 is 0 Å². The number of nitrogens with one attached hydrogen (secondary N) is 3. The summed E-state index contributed by atoms with van der Waals surface area (Å²) in [6.45, 7) is 0.591. The Bertz CT molecular complexity index is 1230. The van der Waals surface area contributed by atoms with Gasteiger partial charge in [-0.05, 0) is 53.6 Å². The average Bonchev–Trinajstić information content (AvgIpc) is 2.73. The maximum absolute atomic E-state index is 12.7.